The molecule has 1 aliphatic heterocycles. The van der Waals surface area contributed by atoms with Crippen LogP contribution in [0.1, 0.15) is 35.9 Å². The molecule has 1 aromatic heterocycles. The van der Waals surface area contributed by atoms with Crippen LogP contribution in [0.5, 0.6) is 0 Å². The van der Waals surface area contributed by atoms with Gasteiger partial charge in [0.05, 0.1) is 36.9 Å². The van der Waals surface area contributed by atoms with E-state index in [0.29, 0.717) is 13.2 Å². The number of nitrogens with zero attached hydrogens (tertiary/aromatic N) is 2. The second-order valence-corrected chi connectivity index (χ2v) is 7.23. The maximum Gasteiger partial charge on any atom is 0.139 e. The third-order valence-electron chi connectivity index (χ3n) is 4.99. The molecule has 2 unspecified atom stereocenters. The highest BCUT2D eigenvalue weighted by Gasteiger charge is 2.25. The van der Waals surface area contributed by atoms with Crippen molar-refractivity contribution in [2.45, 2.75) is 45.1 Å². The third-order valence-corrected chi connectivity index (χ3v) is 4.99. The zero-order chi connectivity index (χ0) is 18.6. The molecule has 0 radical (unpaired) electrons. The standard InChI is InChI=1S/C22H26N2O3.ClH/c1-16-8-10-17(11-9-16)14-26-15-18(25)13-24-20-6-3-2-5-19(20)23-22(24)21-7-4-12-27-21;/h2-3,5-6,8-11,18,21,25H,4,7,12-15H2,1H3;1H. The zero-order valence-corrected chi connectivity index (χ0v) is 16.9. The van der Waals surface area contributed by atoms with Gasteiger partial charge < -0.3 is 19.1 Å². The number of imidazole rings is 1. The van der Waals surface area contributed by atoms with Gasteiger partial charge >= 0.3 is 0 Å². The maximum absolute atomic E-state index is 10.6. The lowest BCUT2D eigenvalue weighted by Gasteiger charge is -2.17. The fraction of sp³-hybridized carbons (Fsp3) is 0.409. The Morgan fingerprint density at radius 1 is 1.21 bits per heavy atom. The van der Waals surface area contributed by atoms with Gasteiger partial charge in [-0.2, -0.15) is 0 Å². The molecule has 0 amide bonds. The van der Waals surface area contributed by atoms with Gasteiger partial charge in [0.1, 0.15) is 11.9 Å². The van der Waals surface area contributed by atoms with Crippen molar-refractivity contribution in [3.8, 4) is 0 Å². The summed E-state index contributed by atoms with van der Waals surface area (Å²) in [5.74, 6) is 0.909. The van der Waals surface area contributed by atoms with Crippen LogP contribution < -0.4 is 0 Å². The number of benzene rings is 2. The molecule has 6 heteroatoms. The summed E-state index contributed by atoms with van der Waals surface area (Å²) in [7, 11) is 0. The van der Waals surface area contributed by atoms with Crippen molar-refractivity contribution in [3.63, 3.8) is 0 Å². The Morgan fingerprint density at radius 2 is 2.00 bits per heavy atom. The van der Waals surface area contributed by atoms with E-state index in [4.69, 9.17) is 14.5 Å². The molecule has 0 saturated carbocycles. The first kappa shape index (κ1) is 20.8. The normalized spacial score (nSPS) is 17.6. The van der Waals surface area contributed by atoms with Crippen LogP contribution in [0.4, 0.5) is 0 Å². The van der Waals surface area contributed by atoms with Crippen molar-refractivity contribution < 1.29 is 14.6 Å². The number of aromatic nitrogens is 2. The second-order valence-electron chi connectivity index (χ2n) is 7.23. The molecule has 3 aromatic rings. The van der Waals surface area contributed by atoms with E-state index in [9.17, 15) is 5.11 Å². The van der Waals surface area contributed by atoms with Crippen LogP contribution in [-0.2, 0) is 22.6 Å². The van der Waals surface area contributed by atoms with Crippen molar-refractivity contribution in [3.05, 3.63) is 65.5 Å². The third kappa shape index (κ3) is 4.73. The summed E-state index contributed by atoms with van der Waals surface area (Å²) in [6.45, 7) is 4.07. The van der Waals surface area contributed by atoms with Crippen molar-refractivity contribution in [2.75, 3.05) is 13.2 Å². The summed E-state index contributed by atoms with van der Waals surface area (Å²) in [5.41, 5.74) is 4.31. The number of hydrogen-bond donors (Lipinski definition) is 1. The number of rotatable bonds is 7. The fourth-order valence-corrected chi connectivity index (χ4v) is 3.57. The van der Waals surface area contributed by atoms with Gasteiger partial charge in [-0.05, 0) is 37.5 Å². The number of hydrogen-bond acceptors (Lipinski definition) is 4. The van der Waals surface area contributed by atoms with Crippen molar-refractivity contribution in [1.29, 1.82) is 0 Å². The average molecular weight is 403 g/mol. The van der Waals surface area contributed by atoms with E-state index < -0.39 is 6.10 Å². The Morgan fingerprint density at radius 3 is 2.75 bits per heavy atom. The SMILES string of the molecule is Cc1ccc(COCC(O)Cn2c(C3CCCO3)nc3ccccc32)cc1.Cl. The number of fused-ring (bicyclic) bond motifs is 1. The number of aryl methyl sites for hydroxylation is 1. The lowest BCUT2D eigenvalue weighted by Crippen LogP contribution is -2.23. The Bertz CT molecular complexity index is 888. The second kappa shape index (κ2) is 9.52. The average Bonchev–Trinajstić information content (AvgIpc) is 3.32. The van der Waals surface area contributed by atoms with Crippen LogP contribution in [0.3, 0.4) is 0 Å². The van der Waals surface area contributed by atoms with Crippen LogP contribution in [0.2, 0.25) is 0 Å². The largest absolute Gasteiger partial charge is 0.389 e. The molecule has 28 heavy (non-hydrogen) atoms. The van der Waals surface area contributed by atoms with Crippen LogP contribution in [-0.4, -0.2) is 34.0 Å². The summed E-state index contributed by atoms with van der Waals surface area (Å²) >= 11 is 0. The van der Waals surface area contributed by atoms with Gasteiger partial charge in [-0.1, -0.05) is 42.0 Å². The molecule has 0 bridgehead atoms. The lowest BCUT2D eigenvalue weighted by molar-refractivity contribution is 0.0189. The lowest BCUT2D eigenvalue weighted by atomic mass is 10.2. The van der Waals surface area contributed by atoms with Crippen LogP contribution in [0, 0.1) is 6.92 Å². The minimum atomic E-state index is -0.604. The molecule has 2 aromatic carbocycles. The Kier molecular flexibility index (Phi) is 7.08. The molecular formula is C22H27ClN2O3. The number of ether oxygens (including phenoxy) is 2. The molecule has 150 valence electrons. The molecule has 0 spiro atoms. The maximum atomic E-state index is 10.6. The number of para-hydroxylation sites is 2. The Hall–Kier alpha value is -1.92. The molecule has 1 aliphatic rings. The Labute approximate surface area is 171 Å². The number of halogens is 1. The first-order chi connectivity index (χ1) is 13.2. The summed E-state index contributed by atoms with van der Waals surface area (Å²) in [6, 6.07) is 16.3. The van der Waals surface area contributed by atoms with Crippen LogP contribution in [0.25, 0.3) is 11.0 Å². The highest BCUT2D eigenvalue weighted by atomic mass is 35.5. The smallest absolute Gasteiger partial charge is 0.139 e. The molecule has 1 N–H and O–H groups in total. The van der Waals surface area contributed by atoms with E-state index >= 15 is 0 Å². The van der Waals surface area contributed by atoms with Gasteiger partial charge in [-0.15, -0.1) is 12.4 Å². The van der Waals surface area contributed by atoms with E-state index in [0.717, 1.165) is 41.9 Å². The quantitative estimate of drug-likeness (QED) is 0.643. The van der Waals surface area contributed by atoms with Gasteiger partial charge in [0.25, 0.3) is 0 Å². The first-order valence-corrected chi connectivity index (χ1v) is 9.59. The predicted octanol–water partition coefficient (Wildman–Crippen LogP) is 4.20. The fourth-order valence-electron chi connectivity index (χ4n) is 3.57. The highest BCUT2D eigenvalue weighted by molar-refractivity contribution is 5.85. The van der Waals surface area contributed by atoms with Crippen molar-refractivity contribution >= 4 is 23.4 Å². The van der Waals surface area contributed by atoms with Gasteiger partial charge in [0.2, 0.25) is 0 Å². The Balaban J connectivity index is 0.00000225. The molecule has 5 nitrogen and oxygen atoms in total. The molecular weight excluding hydrogens is 376 g/mol. The van der Waals surface area contributed by atoms with E-state index in [-0.39, 0.29) is 25.1 Å². The van der Waals surface area contributed by atoms with Crippen LogP contribution >= 0.6 is 12.4 Å². The van der Waals surface area contributed by atoms with Gasteiger partial charge in [0, 0.05) is 6.61 Å². The molecule has 1 fully saturated rings. The predicted molar refractivity (Wildman–Crippen MR) is 112 cm³/mol. The molecule has 2 atom stereocenters. The van der Waals surface area contributed by atoms with E-state index in [1.165, 1.54) is 5.56 Å². The summed E-state index contributed by atoms with van der Waals surface area (Å²) in [6.07, 6.45) is 1.44. The highest BCUT2D eigenvalue weighted by Crippen LogP contribution is 2.30. The number of aliphatic hydroxyl groups excluding tert-OH is 1. The van der Waals surface area contributed by atoms with E-state index in [1.54, 1.807) is 0 Å². The van der Waals surface area contributed by atoms with Crippen molar-refractivity contribution in [2.24, 2.45) is 0 Å². The minimum absolute atomic E-state index is 0. The zero-order valence-electron chi connectivity index (χ0n) is 16.1. The van der Waals surface area contributed by atoms with Crippen molar-refractivity contribution in [1.82, 2.24) is 9.55 Å². The van der Waals surface area contributed by atoms with Gasteiger partial charge in [0.15, 0.2) is 0 Å². The van der Waals surface area contributed by atoms with Gasteiger partial charge in [-0.25, -0.2) is 4.98 Å². The summed E-state index contributed by atoms with van der Waals surface area (Å²) in [5, 5.41) is 10.6. The van der Waals surface area contributed by atoms with Gasteiger partial charge in [-0.3, -0.25) is 0 Å². The summed E-state index contributed by atoms with van der Waals surface area (Å²) < 4.78 is 13.7. The molecule has 4 rings (SSSR count). The molecule has 0 aliphatic carbocycles. The molecule has 2 heterocycles. The number of aliphatic hydroxyl groups is 1. The molecule has 1 saturated heterocycles. The first-order valence-electron chi connectivity index (χ1n) is 9.59. The van der Waals surface area contributed by atoms with Crippen LogP contribution in [0.15, 0.2) is 48.5 Å². The minimum Gasteiger partial charge on any atom is -0.389 e. The summed E-state index contributed by atoms with van der Waals surface area (Å²) in [4.78, 5) is 4.77. The van der Waals surface area contributed by atoms with E-state index in [2.05, 4.69) is 35.8 Å². The topological polar surface area (TPSA) is 56.5 Å². The van der Waals surface area contributed by atoms with E-state index in [1.807, 2.05) is 24.3 Å². The monoisotopic (exact) mass is 402 g/mol.